The molecule has 0 fully saturated rings. The molecule has 3 aromatic rings. The summed E-state index contributed by atoms with van der Waals surface area (Å²) < 4.78 is 14.8. The van der Waals surface area contributed by atoms with Crippen LogP contribution in [0.4, 0.5) is 10.1 Å². The lowest BCUT2D eigenvalue weighted by Crippen LogP contribution is -2.31. The van der Waals surface area contributed by atoms with Crippen LogP contribution >= 0.6 is 11.3 Å². The van der Waals surface area contributed by atoms with Crippen LogP contribution in [-0.2, 0) is 6.54 Å². The first kappa shape index (κ1) is 15.6. The third kappa shape index (κ3) is 3.24. The Labute approximate surface area is 137 Å². The molecule has 0 radical (unpaired) electrons. The van der Waals surface area contributed by atoms with Gasteiger partial charge in [-0.25, -0.2) is 9.37 Å². The number of hydrogen-bond acceptors (Lipinski definition) is 5. The van der Waals surface area contributed by atoms with Gasteiger partial charge in [-0.05, 0) is 39.0 Å². The molecule has 0 bridgehead atoms. The quantitative estimate of drug-likeness (QED) is 0.737. The van der Waals surface area contributed by atoms with E-state index in [1.807, 2.05) is 31.7 Å². The first-order valence-electron chi connectivity index (χ1n) is 7.32. The molecule has 0 aliphatic rings. The Balaban J connectivity index is 1.99. The highest BCUT2D eigenvalue weighted by Crippen LogP contribution is 2.20. The second-order valence-electron chi connectivity index (χ2n) is 5.60. The number of aromatic nitrogens is 3. The maximum Gasteiger partial charge on any atom is 0.275 e. The summed E-state index contributed by atoms with van der Waals surface area (Å²) in [5.41, 5.74) is 1.22. The number of anilines is 1. The first-order chi connectivity index (χ1) is 10.9. The molecule has 7 heteroatoms. The summed E-state index contributed by atoms with van der Waals surface area (Å²) in [6, 6.07) is 8.06. The normalized spacial score (nSPS) is 11.3. The van der Waals surface area contributed by atoms with Gasteiger partial charge in [0.25, 0.3) is 5.56 Å². The zero-order valence-electron chi connectivity index (χ0n) is 13.2. The molecule has 0 saturated carbocycles. The highest BCUT2D eigenvalue weighted by Gasteiger charge is 2.15. The van der Waals surface area contributed by atoms with Crippen molar-refractivity contribution in [3.63, 3.8) is 0 Å². The Bertz CT molecular complexity index is 902. The van der Waals surface area contributed by atoms with Gasteiger partial charge in [-0.3, -0.25) is 4.79 Å². The van der Waals surface area contributed by atoms with Gasteiger partial charge in [-0.2, -0.15) is 9.61 Å². The summed E-state index contributed by atoms with van der Waals surface area (Å²) in [5.74, 6) is -0.283. The Morgan fingerprint density at radius 2 is 2.13 bits per heavy atom. The summed E-state index contributed by atoms with van der Waals surface area (Å²) in [6.07, 6.45) is 0. The number of aryl methyl sites for hydroxylation is 1. The summed E-state index contributed by atoms with van der Waals surface area (Å²) in [4.78, 5) is 19.2. The van der Waals surface area contributed by atoms with Gasteiger partial charge in [0, 0.05) is 17.8 Å². The SMILES string of the molecule is Cc1nn2c(=O)cc(CN(c3cccc(F)c3)C(C)C)nc2s1. The second-order valence-corrected chi connectivity index (χ2v) is 6.76. The summed E-state index contributed by atoms with van der Waals surface area (Å²) >= 11 is 1.38. The molecular formula is C16H17FN4OS. The van der Waals surface area contributed by atoms with Crippen LogP contribution < -0.4 is 10.5 Å². The van der Waals surface area contributed by atoms with Crippen LogP contribution in [0.2, 0.25) is 0 Å². The summed E-state index contributed by atoms with van der Waals surface area (Å²) in [6.45, 7) is 6.32. The second kappa shape index (κ2) is 6.08. The molecule has 0 spiro atoms. The molecule has 23 heavy (non-hydrogen) atoms. The minimum Gasteiger partial charge on any atom is -0.363 e. The van der Waals surface area contributed by atoms with Crippen molar-refractivity contribution >= 4 is 22.0 Å². The average Bonchev–Trinajstić information content (AvgIpc) is 2.85. The number of fused-ring (bicyclic) bond motifs is 1. The maximum absolute atomic E-state index is 13.5. The average molecular weight is 332 g/mol. The van der Waals surface area contributed by atoms with E-state index in [4.69, 9.17) is 0 Å². The van der Waals surface area contributed by atoms with Crippen molar-refractivity contribution in [1.82, 2.24) is 14.6 Å². The molecule has 3 rings (SSSR count). The number of halogens is 1. The summed E-state index contributed by atoms with van der Waals surface area (Å²) in [5, 5.41) is 4.92. The van der Waals surface area contributed by atoms with E-state index in [-0.39, 0.29) is 17.4 Å². The lowest BCUT2D eigenvalue weighted by molar-refractivity contribution is 0.621. The van der Waals surface area contributed by atoms with Crippen molar-refractivity contribution in [3.8, 4) is 0 Å². The molecule has 0 aliphatic carbocycles. The van der Waals surface area contributed by atoms with E-state index in [2.05, 4.69) is 10.1 Å². The molecule has 0 aliphatic heterocycles. The first-order valence-corrected chi connectivity index (χ1v) is 8.14. The number of hydrogen-bond donors (Lipinski definition) is 0. The number of nitrogens with zero attached hydrogens (tertiary/aromatic N) is 4. The van der Waals surface area contributed by atoms with E-state index in [1.165, 1.54) is 34.1 Å². The molecule has 0 saturated heterocycles. The van der Waals surface area contributed by atoms with E-state index >= 15 is 0 Å². The standard InChI is InChI=1S/C16H17FN4OS/c1-10(2)20(14-6-4-5-12(17)7-14)9-13-8-15(22)21-16(18-13)23-11(3)19-21/h4-8,10H,9H2,1-3H3. The van der Waals surface area contributed by atoms with Gasteiger partial charge in [-0.1, -0.05) is 17.4 Å². The molecule has 0 atom stereocenters. The van der Waals surface area contributed by atoms with Crippen molar-refractivity contribution in [3.05, 3.63) is 57.2 Å². The van der Waals surface area contributed by atoms with Crippen LogP contribution in [-0.4, -0.2) is 20.6 Å². The van der Waals surface area contributed by atoms with Crippen molar-refractivity contribution in [2.24, 2.45) is 0 Å². The van der Waals surface area contributed by atoms with Gasteiger partial charge in [0.15, 0.2) is 0 Å². The third-order valence-corrected chi connectivity index (χ3v) is 4.32. The van der Waals surface area contributed by atoms with Gasteiger partial charge >= 0.3 is 0 Å². The highest BCUT2D eigenvalue weighted by molar-refractivity contribution is 7.16. The van der Waals surface area contributed by atoms with E-state index in [9.17, 15) is 9.18 Å². The molecule has 0 unspecified atom stereocenters. The van der Waals surface area contributed by atoms with Gasteiger partial charge in [0.1, 0.15) is 10.8 Å². The van der Waals surface area contributed by atoms with Crippen LogP contribution in [0.1, 0.15) is 24.5 Å². The Morgan fingerprint density at radius 1 is 1.35 bits per heavy atom. The zero-order valence-corrected chi connectivity index (χ0v) is 14.0. The highest BCUT2D eigenvalue weighted by atomic mass is 32.1. The Hall–Kier alpha value is -2.28. The molecule has 120 valence electrons. The van der Waals surface area contributed by atoms with Gasteiger partial charge in [0.05, 0.1) is 12.2 Å². The smallest absolute Gasteiger partial charge is 0.275 e. The zero-order chi connectivity index (χ0) is 16.6. The predicted molar refractivity (Wildman–Crippen MR) is 89.6 cm³/mol. The summed E-state index contributed by atoms with van der Waals surface area (Å²) in [7, 11) is 0. The van der Waals surface area contributed by atoms with E-state index in [0.29, 0.717) is 17.2 Å². The van der Waals surface area contributed by atoms with Crippen molar-refractivity contribution in [2.75, 3.05) is 4.90 Å². The topological polar surface area (TPSA) is 50.5 Å². The van der Waals surface area contributed by atoms with Gasteiger partial charge in [0.2, 0.25) is 4.96 Å². The van der Waals surface area contributed by atoms with Crippen molar-refractivity contribution < 1.29 is 4.39 Å². The van der Waals surface area contributed by atoms with Crippen molar-refractivity contribution in [2.45, 2.75) is 33.4 Å². The Kier molecular flexibility index (Phi) is 4.12. The minimum absolute atomic E-state index is 0.139. The number of benzene rings is 1. The molecular weight excluding hydrogens is 315 g/mol. The van der Waals surface area contributed by atoms with Crippen LogP contribution in [0, 0.1) is 12.7 Å². The fraction of sp³-hybridized carbons (Fsp3) is 0.312. The van der Waals surface area contributed by atoms with E-state index < -0.39 is 0 Å². The fourth-order valence-electron chi connectivity index (χ4n) is 2.43. The van der Waals surface area contributed by atoms with Crippen molar-refractivity contribution in [1.29, 1.82) is 0 Å². The molecule has 5 nitrogen and oxygen atoms in total. The van der Waals surface area contributed by atoms with Gasteiger partial charge < -0.3 is 4.90 Å². The Morgan fingerprint density at radius 3 is 2.83 bits per heavy atom. The fourth-order valence-corrected chi connectivity index (χ4v) is 3.20. The molecule has 2 aromatic heterocycles. The van der Waals surface area contributed by atoms with Crippen LogP contribution in [0.15, 0.2) is 35.1 Å². The minimum atomic E-state index is -0.283. The molecule has 2 heterocycles. The monoisotopic (exact) mass is 332 g/mol. The predicted octanol–water partition coefficient (Wildman–Crippen LogP) is 3.01. The van der Waals surface area contributed by atoms with Crippen LogP contribution in [0.5, 0.6) is 0 Å². The third-order valence-electron chi connectivity index (χ3n) is 3.49. The van der Waals surface area contributed by atoms with Crippen LogP contribution in [0.3, 0.4) is 0 Å². The van der Waals surface area contributed by atoms with E-state index in [0.717, 1.165) is 10.7 Å². The van der Waals surface area contributed by atoms with E-state index in [1.54, 1.807) is 6.07 Å². The maximum atomic E-state index is 13.5. The molecule has 0 amide bonds. The van der Waals surface area contributed by atoms with Crippen LogP contribution in [0.25, 0.3) is 4.96 Å². The molecule has 0 N–H and O–H groups in total. The lowest BCUT2D eigenvalue weighted by Gasteiger charge is -2.28. The largest absolute Gasteiger partial charge is 0.363 e. The molecule has 1 aromatic carbocycles. The lowest BCUT2D eigenvalue weighted by atomic mass is 10.2. The number of rotatable bonds is 4. The van der Waals surface area contributed by atoms with Gasteiger partial charge in [-0.15, -0.1) is 0 Å².